The zero-order valence-electron chi connectivity index (χ0n) is 7.66. The number of pyridine rings is 1. The van der Waals surface area contributed by atoms with E-state index < -0.39 is 0 Å². The molecule has 1 rings (SSSR count). The molecule has 0 bridgehead atoms. The fourth-order valence-electron chi connectivity index (χ4n) is 1.07. The summed E-state index contributed by atoms with van der Waals surface area (Å²) < 4.78 is 5.14. The molecule has 0 fully saturated rings. The monoisotopic (exact) mass is 166 g/mol. The second-order valence-electron chi connectivity index (χ2n) is 3.01. The molecule has 0 saturated heterocycles. The van der Waals surface area contributed by atoms with Crippen LogP contribution in [0.5, 0.6) is 5.75 Å². The van der Waals surface area contributed by atoms with Crippen LogP contribution in [-0.4, -0.2) is 12.1 Å². The van der Waals surface area contributed by atoms with Gasteiger partial charge in [-0.3, -0.25) is 4.98 Å². The maximum atomic E-state index is 5.56. The summed E-state index contributed by atoms with van der Waals surface area (Å²) >= 11 is 0. The van der Waals surface area contributed by atoms with Crippen LogP contribution >= 0.6 is 0 Å². The third-order valence-corrected chi connectivity index (χ3v) is 1.67. The molecule has 0 unspecified atom stereocenters. The van der Waals surface area contributed by atoms with Gasteiger partial charge in [0.05, 0.1) is 24.7 Å². The lowest BCUT2D eigenvalue weighted by Crippen LogP contribution is -1.99. The summed E-state index contributed by atoms with van der Waals surface area (Å²) in [6, 6.07) is 1.79. The highest BCUT2D eigenvalue weighted by Crippen LogP contribution is 2.25. The Kier molecular flexibility index (Phi) is 2.53. The van der Waals surface area contributed by atoms with Gasteiger partial charge in [-0.1, -0.05) is 13.8 Å². The topological polar surface area (TPSA) is 48.1 Å². The molecular weight excluding hydrogens is 152 g/mol. The molecule has 0 spiro atoms. The van der Waals surface area contributed by atoms with E-state index in [1.54, 1.807) is 19.4 Å². The van der Waals surface area contributed by atoms with Crippen LogP contribution in [0.2, 0.25) is 0 Å². The highest BCUT2D eigenvalue weighted by atomic mass is 16.5. The van der Waals surface area contributed by atoms with Gasteiger partial charge in [-0.05, 0) is 5.92 Å². The van der Waals surface area contributed by atoms with Crippen LogP contribution < -0.4 is 10.5 Å². The van der Waals surface area contributed by atoms with Crippen LogP contribution in [0, 0.1) is 0 Å². The molecule has 0 saturated carbocycles. The second-order valence-corrected chi connectivity index (χ2v) is 3.01. The lowest BCUT2D eigenvalue weighted by Gasteiger charge is -2.10. The molecule has 0 atom stereocenters. The Morgan fingerprint density at radius 1 is 1.50 bits per heavy atom. The first kappa shape index (κ1) is 8.84. The number of aromatic nitrogens is 1. The summed E-state index contributed by atoms with van der Waals surface area (Å²) in [5.74, 6) is 1.13. The van der Waals surface area contributed by atoms with Gasteiger partial charge in [0.2, 0.25) is 0 Å². The van der Waals surface area contributed by atoms with Crippen LogP contribution in [-0.2, 0) is 0 Å². The molecule has 1 aromatic rings. The molecule has 0 aromatic carbocycles. The van der Waals surface area contributed by atoms with Crippen molar-refractivity contribution in [3.8, 4) is 5.75 Å². The number of ether oxygens (including phenoxy) is 1. The van der Waals surface area contributed by atoms with E-state index in [-0.39, 0.29) is 0 Å². The van der Waals surface area contributed by atoms with E-state index in [4.69, 9.17) is 10.5 Å². The number of rotatable bonds is 2. The normalized spacial score (nSPS) is 10.3. The summed E-state index contributed by atoms with van der Waals surface area (Å²) in [7, 11) is 1.63. The van der Waals surface area contributed by atoms with E-state index in [0.717, 1.165) is 11.4 Å². The standard InChI is InChI=1S/C9H14N2O/c1-6(2)9-8(12-3)4-7(10)5-11-9/h4-6H,10H2,1-3H3. The Balaban J connectivity index is 3.11. The Hall–Kier alpha value is -1.25. The first-order valence-electron chi connectivity index (χ1n) is 3.94. The molecular formula is C9H14N2O. The number of nitrogens with two attached hydrogens (primary N) is 1. The van der Waals surface area contributed by atoms with Crippen LogP contribution in [0.15, 0.2) is 12.3 Å². The molecule has 3 heteroatoms. The summed E-state index contributed by atoms with van der Waals surface area (Å²) in [5, 5.41) is 0. The van der Waals surface area contributed by atoms with Crippen LogP contribution in [0.3, 0.4) is 0 Å². The molecule has 0 amide bonds. The summed E-state index contributed by atoms with van der Waals surface area (Å²) in [6.45, 7) is 4.14. The molecule has 2 N–H and O–H groups in total. The maximum absolute atomic E-state index is 5.56. The molecule has 1 heterocycles. The molecule has 0 aliphatic rings. The molecule has 12 heavy (non-hydrogen) atoms. The third-order valence-electron chi connectivity index (χ3n) is 1.67. The number of hydrogen-bond acceptors (Lipinski definition) is 3. The number of methoxy groups -OCH3 is 1. The molecule has 3 nitrogen and oxygen atoms in total. The minimum atomic E-state index is 0.362. The van der Waals surface area contributed by atoms with Gasteiger partial charge >= 0.3 is 0 Å². The van der Waals surface area contributed by atoms with Gasteiger partial charge < -0.3 is 10.5 Å². The maximum Gasteiger partial charge on any atom is 0.142 e. The molecule has 0 radical (unpaired) electrons. The molecule has 0 aliphatic heterocycles. The number of hydrogen-bond donors (Lipinski definition) is 1. The molecule has 1 aromatic heterocycles. The summed E-state index contributed by atoms with van der Waals surface area (Å²) in [6.07, 6.45) is 1.65. The fourth-order valence-corrected chi connectivity index (χ4v) is 1.07. The lowest BCUT2D eigenvalue weighted by molar-refractivity contribution is 0.404. The minimum absolute atomic E-state index is 0.362. The number of nitrogens with zero attached hydrogens (tertiary/aromatic N) is 1. The predicted octanol–water partition coefficient (Wildman–Crippen LogP) is 1.80. The van der Waals surface area contributed by atoms with Crippen molar-refractivity contribution in [2.75, 3.05) is 12.8 Å². The highest BCUT2D eigenvalue weighted by molar-refractivity contribution is 5.44. The lowest BCUT2D eigenvalue weighted by atomic mass is 10.1. The van der Waals surface area contributed by atoms with Gasteiger partial charge in [0.25, 0.3) is 0 Å². The van der Waals surface area contributed by atoms with Crippen molar-refractivity contribution in [1.29, 1.82) is 0 Å². The second kappa shape index (κ2) is 3.43. The summed E-state index contributed by atoms with van der Waals surface area (Å²) in [5.41, 5.74) is 7.15. The van der Waals surface area contributed by atoms with Gasteiger partial charge in [0.1, 0.15) is 5.75 Å². The average molecular weight is 166 g/mol. The van der Waals surface area contributed by atoms with Crippen LogP contribution in [0.4, 0.5) is 5.69 Å². The highest BCUT2D eigenvalue weighted by Gasteiger charge is 2.08. The Morgan fingerprint density at radius 3 is 2.67 bits per heavy atom. The Labute approximate surface area is 72.6 Å². The minimum Gasteiger partial charge on any atom is -0.495 e. The Bertz CT molecular complexity index is 271. The largest absolute Gasteiger partial charge is 0.495 e. The van der Waals surface area contributed by atoms with Crippen molar-refractivity contribution in [2.45, 2.75) is 19.8 Å². The van der Waals surface area contributed by atoms with Gasteiger partial charge in [0.15, 0.2) is 0 Å². The first-order chi connectivity index (χ1) is 5.65. The van der Waals surface area contributed by atoms with Gasteiger partial charge in [-0.2, -0.15) is 0 Å². The van der Waals surface area contributed by atoms with E-state index in [0.29, 0.717) is 11.6 Å². The Morgan fingerprint density at radius 2 is 2.17 bits per heavy atom. The fraction of sp³-hybridized carbons (Fsp3) is 0.444. The van der Waals surface area contributed by atoms with Gasteiger partial charge in [-0.15, -0.1) is 0 Å². The first-order valence-corrected chi connectivity index (χ1v) is 3.94. The molecule has 66 valence electrons. The van der Waals surface area contributed by atoms with E-state index >= 15 is 0 Å². The van der Waals surface area contributed by atoms with Crippen molar-refractivity contribution in [1.82, 2.24) is 4.98 Å². The SMILES string of the molecule is COc1cc(N)cnc1C(C)C. The number of nitrogen functional groups attached to an aromatic ring is 1. The number of anilines is 1. The van der Waals surface area contributed by atoms with E-state index in [1.165, 1.54) is 0 Å². The van der Waals surface area contributed by atoms with Crippen molar-refractivity contribution < 1.29 is 4.74 Å². The van der Waals surface area contributed by atoms with E-state index in [1.807, 2.05) is 0 Å². The van der Waals surface area contributed by atoms with Crippen LogP contribution in [0.25, 0.3) is 0 Å². The quantitative estimate of drug-likeness (QED) is 0.728. The zero-order valence-corrected chi connectivity index (χ0v) is 7.66. The van der Waals surface area contributed by atoms with Crippen molar-refractivity contribution >= 4 is 5.69 Å². The zero-order chi connectivity index (χ0) is 9.14. The van der Waals surface area contributed by atoms with Crippen molar-refractivity contribution in [3.63, 3.8) is 0 Å². The van der Waals surface area contributed by atoms with Gasteiger partial charge in [0, 0.05) is 6.07 Å². The predicted molar refractivity (Wildman–Crippen MR) is 49.3 cm³/mol. The average Bonchev–Trinajstić information content (AvgIpc) is 2.03. The summed E-state index contributed by atoms with van der Waals surface area (Å²) in [4.78, 5) is 4.20. The van der Waals surface area contributed by atoms with E-state index in [2.05, 4.69) is 18.8 Å². The third kappa shape index (κ3) is 1.67. The smallest absolute Gasteiger partial charge is 0.142 e. The van der Waals surface area contributed by atoms with Gasteiger partial charge in [-0.25, -0.2) is 0 Å². The van der Waals surface area contributed by atoms with Crippen LogP contribution in [0.1, 0.15) is 25.5 Å². The van der Waals surface area contributed by atoms with Crippen molar-refractivity contribution in [3.05, 3.63) is 18.0 Å². The molecule has 0 aliphatic carbocycles. The van der Waals surface area contributed by atoms with Crippen molar-refractivity contribution in [2.24, 2.45) is 0 Å². The van der Waals surface area contributed by atoms with E-state index in [9.17, 15) is 0 Å².